The molecule has 0 saturated carbocycles. The Morgan fingerprint density at radius 1 is 0.903 bits per heavy atom. The van der Waals surface area contributed by atoms with Gasteiger partial charge in [-0.05, 0) is 52.3 Å². The van der Waals surface area contributed by atoms with Crippen LogP contribution in [0.2, 0.25) is 0 Å². The summed E-state index contributed by atoms with van der Waals surface area (Å²) in [7, 11) is 0. The highest BCUT2D eigenvalue weighted by Gasteiger charge is 2.17. The Labute approximate surface area is 193 Å². The van der Waals surface area contributed by atoms with Crippen molar-refractivity contribution in [2.24, 2.45) is 0 Å². The fraction of sp³-hybridized carbons (Fsp3) is 0.0435. The Kier molecular flexibility index (Phi) is 5.03. The maximum Gasteiger partial charge on any atom is 0.266 e. The summed E-state index contributed by atoms with van der Waals surface area (Å²) in [5.74, 6) is 1.49. The van der Waals surface area contributed by atoms with Crippen LogP contribution in [0.25, 0.3) is 39.4 Å². The molecule has 3 aromatic carbocycles. The van der Waals surface area contributed by atoms with Crippen molar-refractivity contribution in [3.8, 4) is 28.5 Å². The lowest BCUT2D eigenvalue weighted by Crippen LogP contribution is -2.22. The zero-order valence-corrected chi connectivity index (χ0v) is 19.4. The summed E-state index contributed by atoms with van der Waals surface area (Å²) in [6.45, 7) is 1.74. The lowest BCUT2D eigenvalue weighted by Gasteiger charge is -2.15. The van der Waals surface area contributed by atoms with E-state index in [4.69, 9.17) is 9.40 Å². The van der Waals surface area contributed by atoms with Gasteiger partial charge in [0, 0.05) is 27.0 Å². The molecule has 0 bridgehead atoms. The zero-order valence-electron chi connectivity index (χ0n) is 16.2. The number of aryl methyl sites for hydroxylation is 1. The average molecular weight is 538 g/mol. The average Bonchev–Trinajstić information content (AvgIpc) is 3.21. The summed E-state index contributed by atoms with van der Waals surface area (Å²) in [6.07, 6.45) is 0. The lowest BCUT2D eigenvalue weighted by molar-refractivity contribution is 0.533. The van der Waals surface area contributed by atoms with Crippen molar-refractivity contribution in [1.29, 1.82) is 0 Å². The van der Waals surface area contributed by atoms with E-state index in [1.165, 1.54) is 0 Å². The molecule has 152 valence electrons. The number of hydrogen-bond donors (Lipinski definition) is 0. The highest BCUT2D eigenvalue weighted by atomic mass is 79.9. The molecule has 2 aromatic heterocycles. The molecule has 8 heteroatoms. The molecule has 31 heavy (non-hydrogen) atoms. The molecule has 0 fully saturated rings. The molecule has 6 nitrogen and oxygen atoms in total. The van der Waals surface area contributed by atoms with Crippen molar-refractivity contribution in [3.05, 3.63) is 91.9 Å². The molecule has 0 aliphatic carbocycles. The normalized spacial score (nSPS) is 11.2. The minimum atomic E-state index is -0.160. The number of fused-ring (bicyclic) bond motifs is 1. The van der Waals surface area contributed by atoms with Gasteiger partial charge in [0.05, 0.1) is 16.6 Å². The van der Waals surface area contributed by atoms with Crippen molar-refractivity contribution < 1.29 is 4.42 Å². The monoisotopic (exact) mass is 536 g/mol. The van der Waals surface area contributed by atoms with Crippen LogP contribution in [0.4, 0.5) is 0 Å². The highest BCUT2D eigenvalue weighted by Crippen LogP contribution is 2.29. The number of rotatable bonds is 3. The SMILES string of the molecule is Cc1nnc(-c2ccc(-n3c(-c4ccccc4)nc4c(Br)cc(Br)cc4c3=O)cc2)o1. The third-order valence-electron chi connectivity index (χ3n) is 4.82. The summed E-state index contributed by atoms with van der Waals surface area (Å²) in [6, 6.07) is 20.7. The van der Waals surface area contributed by atoms with E-state index in [-0.39, 0.29) is 5.56 Å². The summed E-state index contributed by atoms with van der Waals surface area (Å²) in [4.78, 5) is 18.5. The smallest absolute Gasteiger partial charge is 0.266 e. The Hall–Kier alpha value is -3.10. The molecule has 5 aromatic rings. The molecule has 5 rings (SSSR count). The third-order valence-corrected chi connectivity index (χ3v) is 5.88. The quantitative estimate of drug-likeness (QED) is 0.285. The Morgan fingerprint density at radius 3 is 2.32 bits per heavy atom. The highest BCUT2D eigenvalue weighted by molar-refractivity contribution is 9.11. The van der Waals surface area contributed by atoms with Crippen LogP contribution in [0.15, 0.2) is 84.9 Å². The molecule has 0 unspecified atom stereocenters. The Morgan fingerprint density at radius 2 is 1.65 bits per heavy atom. The summed E-state index contributed by atoms with van der Waals surface area (Å²) in [5.41, 5.74) is 2.76. The van der Waals surface area contributed by atoms with Gasteiger partial charge in [0.1, 0.15) is 5.82 Å². The number of halogens is 2. The fourth-order valence-electron chi connectivity index (χ4n) is 3.40. The minimum absolute atomic E-state index is 0.160. The largest absolute Gasteiger partial charge is 0.421 e. The molecule has 0 spiro atoms. The van der Waals surface area contributed by atoms with Crippen molar-refractivity contribution in [1.82, 2.24) is 19.7 Å². The van der Waals surface area contributed by atoms with Gasteiger partial charge in [-0.25, -0.2) is 4.98 Å². The predicted molar refractivity (Wildman–Crippen MR) is 126 cm³/mol. The standard InChI is InChI=1S/C23H14Br2N4O2/c1-13-27-28-22(31-13)15-7-9-17(10-8-15)29-21(14-5-3-2-4-6-14)26-20-18(23(29)30)11-16(24)12-19(20)25/h2-12H,1H3. The molecule has 0 atom stereocenters. The topological polar surface area (TPSA) is 73.8 Å². The van der Waals surface area contributed by atoms with E-state index in [1.54, 1.807) is 17.6 Å². The van der Waals surface area contributed by atoms with E-state index >= 15 is 0 Å². The van der Waals surface area contributed by atoms with Crippen LogP contribution in [0, 0.1) is 6.92 Å². The van der Waals surface area contributed by atoms with Gasteiger partial charge in [0.25, 0.3) is 5.56 Å². The third kappa shape index (κ3) is 3.62. The van der Waals surface area contributed by atoms with Gasteiger partial charge in [0.2, 0.25) is 11.8 Å². The van der Waals surface area contributed by atoms with Gasteiger partial charge < -0.3 is 4.42 Å². The molecule has 2 heterocycles. The van der Waals surface area contributed by atoms with E-state index in [0.717, 1.165) is 20.1 Å². The van der Waals surface area contributed by atoms with Crippen molar-refractivity contribution >= 4 is 42.8 Å². The van der Waals surface area contributed by atoms with Crippen molar-refractivity contribution in [3.63, 3.8) is 0 Å². The predicted octanol–water partition coefficient (Wildman–Crippen LogP) is 5.94. The number of aromatic nitrogens is 4. The van der Waals surface area contributed by atoms with E-state index in [1.807, 2.05) is 60.7 Å². The van der Waals surface area contributed by atoms with Gasteiger partial charge in [-0.15, -0.1) is 10.2 Å². The van der Waals surface area contributed by atoms with E-state index in [0.29, 0.717) is 34.2 Å². The second kappa shape index (κ2) is 7.86. The van der Waals surface area contributed by atoms with Gasteiger partial charge in [0.15, 0.2) is 0 Å². The summed E-state index contributed by atoms with van der Waals surface area (Å²) >= 11 is 7.01. The van der Waals surface area contributed by atoms with E-state index in [9.17, 15) is 4.79 Å². The number of hydrogen-bond acceptors (Lipinski definition) is 5. The van der Waals surface area contributed by atoms with Crippen molar-refractivity contribution in [2.75, 3.05) is 0 Å². The first kappa shape index (κ1) is 19.8. The second-order valence-electron chi connectivity index (χ2n) is 6.90. The molecule has 0 N–H and O–H groups in total. The maximum atomic E-state index is 13.6. The lowest BCUT2D eigenvalue weighted by atomic mass is 10.1. The molecule has 0 aliphatic rings. The molecule has 0 aliphatic heterocycles. The van der Waals surface area contributed by atoms with Crippen LogP contribution in [0.1, 0.15) is 5.89 Å². The minimum Gasteiger partial charge on any atom is -0.421 e. The van der Waals surface area contributed by atoms with Crippen LogP contribution >= 0.6 is 31.9 Å². The van der Waals surface area contributed by atoms with Gasteiger partial charge in [-0.3, -0.25) is 9.36 Å². The molecule has 0 radical (unpaired) electrons. The Balaban J connectivity index is 1.77. The zero-order chi connectivity index (χ0) is 21.5. The first-order valence-corrected chi connectivity index (χ1v) is 11.0. The van der Waals surface area contributed by atoms with Crippen LogP contribution < -0.4 is 5.56 Å². The molecular weight excluding hydrogens is 524 g/mol. The van der Waals surface area contributed by atoms with Gasteiger partial charge in [-0.2, -0.15) is 0 Å². The number of benzene rings is 3. The molecule has 0 saturated heterocycles. The van der Waals surface area contributed by atoms with E-state index < -0.39 is 0 Å². The Bertz CT molecular complexity index is 1480. The van der Waals surface area contributed by atoms with Crippen LogP contribution in [-0.4, -0.2) is 19.7 Å². The first-order valence-electron chi connectivity index (χ1n) is 9.39. The van der Waals surface area contributed by atoms with Crippen LogP contribution in [0.5, 0.6) is 0 Å². The fourth-order valence-corrected chi connectivity index (χ4v) is 4.72. The van der Waals surface area contributed by atoms with Gasteiger partial charge in [-0.1, -0.05) is 46.3 Å². The number of nitrogens with zero attached hydrogens (tertiary/aromatic N) is 4. The van der Waals surface area contributed by atoms with Crippen LogP contribution in [-0.2, 0) is 0 Å². The van der Waals surface area contributed by atoms with Crippen LogP contribution in [0.3, 0.4) is 0 Å². The molecule has 0 amide bonds. The van der Waals surface area contributed by atoms with Crippen molar-refractivity contribution in [2.45, 2.75) is 6.92 Å². The summed E-state index contributed by atoms with van der Waals surface area (Å²) < 4.78 is 8.68. The summed E-state index contributed by atoms with van der Waals surface area (Å²) in [5, 5.41) is 8.44. The maximum absolute atomic E-state index is 13.6. The first-order chi connectivity index (χ1) is 15.0. The van der Waals surface area contributed by atoms with E-state index in [2.05, 4.69) is 42.1 Å². The van der Waals surface area contributed by atoms with Gasteiger partial charge >= 0.3 is 0 Å². The second-order valence-corrected chi connectivity index (χ2v) is 8.67. The molecular formula is C23H14Br2N4O2.